The van der Waals surface area contributed by atoms with Gasteiger partial charge in [0, 0.05) is 10.9 Å². The third-order valence-electron chi connectivity index (χ3n) is 0.941. The molecule has 0 aliphatic heterocycles. The Morgan fingerprint density at radius 2 is 2.50 bits per heavy atom. The van der Waals surface area contributed by atoms with E-state index in [1.807, 2.05) is 5.38 Å². The summed E-state index contributed by atoms with van der Waals surface area (Å²) in [5, 5.41) is 1.87. The molecule has 1 heterocycles. The molecule has 0 unspecified atom stereocenters. The summed E-state index contributed by atoms with van der Waals surface area (Å²) in [6.07, 6.45) is 0.277. The van der Waals surface area contributed by atoms with Gasteiger partial charge in [0.05, 0.1) is 6.42 Å². The highest BCUT2D eigenvalue weighted by Crippen LogP contribution is 2.16. The Balaban J connectivity index is 2.85. The standard InChI is InChI=1S/C5H5NOS3/c6-4(7)1-3-2-9-10-5(3)8/h2H,1H2,(H2,6,7). The first kappa shape index (κ1) is 7.84. The largest absolute Gasteiger partial charge is 0.369 e. The third kappa shape index (κ3) is 1.86. The van der Waals surface area contributed by atoms with Crippen LogP contribution < -0.4 is 5.73 Å². The highest BCUT2D eigenvalue weighted by atomic mass is 32.9. The first-order valence-corrected chi connectivity index (χ1v) is 5.17. The molecule has 1 amide bonds. The van der Waals surface area contributed by atoms with E-state index in [4.69, 9.17) is 18.0 Å². The number of carbonyl (C=O) groups is 1. The summed E-state index contributed by atoms with van der Waals surface area (Å²) < 4.78 is 0.781. The Bertz CT molecular complexity index is 287. The van der Waals surface area contributed by atoms with Crippen LogP contribution in [0.15, 0.2) is 5.38 Å². The van der Waals surface area contributed by atoms with Gasteiger partial charge >= 0.3 is 0 Å². The summed E-state index contributed by atoms with van der Waals surface area (Å²) >= 11 is 4.92. The van der Waals surface area contributed by atoms with Gasteiger partial charge in [-0.2, -0.15) is 0 Å². The lowest BCUT2D eigenvalue weighted by Gasteiger charge is -1.86. The number of amides is 1. The molecule has 1 aromatic heterocycles. The van der Waals surface area contributed by atoms with Crippen LogP contribution in [-0.4, -0.2) is 5.91 Å². The Morgan fingerprint density at radius 3 is 2.90 bits per heavy atom. The molecule has 1 aromatic rings. The lowest BCUT2D eigenvalue weighted by Crippen LogP contribution is -2.13. The van der Waals surface area contributed by atoms with E-state index in [0.29, 0.717) is 0 Å². The van der Waals surface area contributed by atoms with E-state index in [0.717, 1.165) is 9.39 Å². The number of primary amides is 1. The lowest BCUT2D eigenvalue weighted by molar-refractivity contribution is -0.117. The number of rotatable bonds is 2. The second-order valence-corrected chi connectivity index (χ2v) is 4.50. The molecule has 0 aliphatic rings. The molecule has 0 spiro atoms. The number of carbonyl (C=O) groups excluding carboxylic acids is 1. The van der Waals surface area contributed by atoms with E-state index in [9.17, 15) is 4.79 Å². The van der Waals surface area contributed by atoms with Crippen LogP contribution in [0.4, 0.5) is 0 Å². The van der Waals surface area contributed by atoms with Crippen molar-refractivity contribution in [2.45, 2.75) is 6.42 Å². The van der Waals surface area contributed by atoms with Crippen LogP contribution in [0.5, 0.6) is 0 Å². The molecule has 0 bridgehead atoms. The van der Waals surface area contributed by atoms with E-state index >= 15 is 0 Å². The van der Waals surface area contributed by atoms with E-state index in [1.165, 1.54) is 20.7 Å². The Hall–Kier alpha value is -0.260. The smallest absolute Gasteiger partial charge is 0.221 e. The molecule has 0 atom stereocenters. The van der Waals surface area contributed by atoms with Crippen molar-refractivity contribution in [2.24, 2.45) is 5.73 Å². The maximum absolute atomic E-state index is 10.4. The average molecular weight is 191 g/mol. The summed E-state index contributed by atoms with van der Waals surface area (Å²) in [5.41, 5.74) is 5.86. The molecule has 10 heavy (non-hydrogen) atoms. The van der Waals surface area contributed by atoms with Gasteiger partial charge in [-0.15, -0.1) is 0 Å². The maximum atomic E-state index is 10.4. The fourth-order valence-corrected chi connectivity index (χ4v) is 2.93. The lowest BCUT2D eigenvalue weighted by atomic mass is 10.3. The summed E-state index contributed by atoms with van der Waals surface area (Å²) in [4.78, 5) is 10.4. The number of nitrogens with two attached hydrogens (primary N) is 1. The van der Waals surface area contributed by atoms with Crippen LogP contribution >= 0.6 is 32.9 Å². The van der Waals surface area contributed by atoms with Crippen LogP contribution in [0, 0.1) is 3.82 Å². The van der Waals surface area contributed by atoms with Gasteiger partial charge < -0.3 is 5.73 Å². The Labute approximate surface area is 70.7 Å². The molecular formula is C5H5NOS3. The molecule has 0 aromatic carbocycles. The summed E-state index contributed by atoms with van der Waals surface area (Å²) in [5.74, 6) is -0.322. The van der Waals surface area contributed by atoms with Crippen molar-refractivity contribution in [3.63, 3.8) is 0 Å². The Morgan fingerprint density at radius 1 is 1.80 bits per heavy atom. The predicted molar refractivity (Wildman–Crippen MR) is 45.9 cm³/mol. The predicted octanol–water partition coefficient (Wildman–Crippen LogP) is 1.57. The fraction of sp³-hybridized carbons (Fsp3) is 0.200. The molecule has 54 valence electrons. The second kappa shape index (κ2) is 3.23. The third-order valence-corrected chi connectivity index (χ3v) is 3.74. The van der Waals surface area contributed by atoms with E-state index in [2.05, 4.69) is 0 Å². The van der Waals surface area contributed by atoms with Gasteiger partial charge in [0.15, 0.2) is 0 Å². The number of hydrogen-bond donors (Lipinski definition) is 1. The maximum Gasteiger partial charge on any atom is 0.221 e. The van der Waals surface area contributed by atoms with Crippen molar-refractivity contribution in [1.82, 2.24) is 0 Å². The van der Waals surface area contributed by atoms with Gasteiger partial charge in [0.25, 0.3) is 0 Å². The first-order chi connectivity index (χ1) is 4.70. The van der Waals surface area contributed by atoms with Crippen LogP contribution in [0.1, 0.15) is 5.56 Å². The zero-order chi connectivity index (χ0) is 7.56. The monoisotopic (exact) mass is 191 g/mol. The minimum Gasteiger partial charge on any atom is -0.369 e. The fourth-order valence-electron chi connectivity index (χ4n) is 0.529. The van der Waals surface area contributed by atoms with Gasteiger partial charge in [-0.3, -0.25) is 4.79 Å². The van der Waals surface area contributed by atoms with Crippen molar-refractivity contribution < 1.29 is 4.79 Å². The highest BCUT2D eigenvalue weighted by molar-refractivity contribution is 7.79. The summed E-state index contributed by atoms with van der Waals surface area (Å²) in [6.45, 7) is 0. The first-order valence-electron chi connectivity index (χ1n) is 2.55. The molecule has 0 radical (unpaired) electrons. The van der Waals surface area contributed by atoms with Crippen LogP contribution in [0.2, 0.25) is 0 Å². The van der Waals surface area contributed by atoms with E-state index in [-0.39, 0.29) is 12.3 Å². The molecule has 2 nitrogen and oxygen atoms in total. The summed E-state index contributed by atoms with van der Waals surface area (Å²) in [7, 11) is 3.03. The van der Waals surface area contributed by atoms with Crippen LogP contribution in [0.3, 0.4) is 0 Å². The molecular weight excluding hydrogens is 186 g/mol. The minimum atomic E-state index is -0.322. The molecule has 0 aliphatic carbocycles. The molecule has 1 rings (SSSR count). The van der Waals surface area contributed by atoms with Crippen molar-refractivity contribution in [3.8, 4) is 0 Å². The van der Waals surface area contributed by atoms with Crippen molar-refractivity contribution in [3.05, 3.63) is 14.8 Å². The quantitative estimate of drug-likeness (QED) is 0.569. The Kier molecular flexibility index (Phi) is 2.53. The van der Waals surface area contributed by atoms with Gasteiger partial charge in [0.1, 0.15) is 3.82 Å². The van der Waals surface area contributed by atoms with Crippen LogP contribution in [0.25, 0.3) is 0 Å². The van der Waals surface area contributed by atoms with Gasteiger partial charge in [-0.25, -0.2) is 0 Å². The van der Waals surface area contributed by atoms with Gasteiger partial charge in [0.2, 0.25) is 5.91 Å². The number of hydrogen-bond acceptors (Lipinski definition) is 4. The molecule has 0 saturated heterocycles. The minimum absolute atomic E-state index is 0.277. The van der Waals surface area contributed by atoms with Gasteiger partial charge in [-0.1, -0.05) is 32.9 Å². The van der Waals surface area contributed by atoms with Crippen molar-refractivity contribution in [1.29, 1.82) is 0 Å². The normalized spacial score (nSPS) is 9.60. The summed E-state index contributed by atoms with van der Waals surface area (Å²) in [6, 6.07) is 0. The van der Waals surface area contributed by atoms with Crippen molar-refractivity contribution in [2.75, 3.05) is 0 Å². The zero-order valence-electron chi connectivity index (χ0n) is 4.99. The molecule has 2 N–H and O–H groups in total. The highest BCUT2D eigenvalue weighted by Gasteiger charge is 2.00. The SMILES string of the molecule is NC(=O)Cc1cssc1=S. The van der Waals surface area contributed by atoms with Crippen molar-refractivity contribution >= 4 is 38.8 Å². The molecule has 0 saturated carbocycles. The van der Waals surface area contributed by atoms with E-state index < -0.39 is 0 Å². The average Bonchev–Trinajstić information content (AvgIpc) is 2.15. The molecule has 5 heteroatoms. The van der Waals surface area contributed by atoms with E-state index in [1.54, 1.807) is 0 Å². The topological polar surface area (TPSA) is 43.1 Å². The zero-order valence-corrected chi connectivity index (χ0v) is 7.44. The van der Waals surface area contributed by atoms with Gasteiger partial charge in [-0.05, 0) is 0 Å². The second-order valence-electron chi connectivity index (χ2n) is 1.75. The van der Waals surface area contributed by atoms with Crippen LogP contribution in [-0.2, 0) is 11.2 Å². The molecule has 0 fully saturated rings.